The van der Waals surface area contributed by atoms with Crippen molar-refractivity contribution >= 4 is 17.1 Å². The van der Waals surface area contributed by atoms with Gasteiger partial charge in [-0.25, -0.2) is 15.0 Å². The molecule has 1 aliphatic heterocycles. The van der Waals surface area contributed by atoms with Gasteiger partial charge in [0.2, 0.25) is 0 Å². The van der Waals surface area contributed by atoms with E-state index < -0.39 is 0 Å². The van der Waals surface area contributed by atoms with Crippen LogP contribution in [0.2, 0.25) is 0 Å². The van der Waals surface area contributed by atoms with Gasteiger partial charge in [0.05, 0.1) is 5.71 Å². The maximum absolute atomic E-state index is 9.21. The Morgan fingerprint density at radius 3 is 1.64 bits per heavy atom. The lowest BCUT2D eigenvalue weighted by Gasteiger charge is -2.22. The first-order valence-electron chi connectivity index (χ1n) is 17.6. The number of fused-ring (bicyclic) bond motifs is 2. The fourth-order valence-electron chi connectivity index (χ4n) is 6.67. The lowest BCUT2D eigenvalue weighted by atomic mass is 9.94. The summed E-state index contributed by atoms with van der Waals surface area (Å²) < 4.78 is 6.63. The molecule has 1 aromatic heterocycles. The van der Waals surface area contributed by atoms with Crippen molar-refractivity contribution in [2.75, 3.05) is 5.32 Å². The highest BCUT2D eigenvalue weighted by atomic mass is 16.5. The van der Waals surface area contributed by atoms with E-state index in [-0.39, 0.29) is 0 Å². The highest BCUT2D eigenvalue weighted by Gasteiger charge is 2.21. The number of aromatic nitrogens is 3. The summed E-state index contributed by atoms with van der Waals surface area (Å²) >= 11 is 0. The van der Waals surface area contributed by atoms with E-state index in [0.717, 1.165) is 79.4 Å². The topological polar surface area (TPSA) is 83.8 Å². The van der Waals surface area contributed by atoms with E-state index in [1.165, 1.54) is 0 Å². The fourth-order valence-corrected chi connectivity index (χ4v) is 6.67. The molecule has 0 amide bonds. The molecule has 9 rings (SSSR count). The maximum atomic E-state index is 9.21. The van der Waals surface area contributed by atoms with Crippen LogP contribution in [0.1, 0.15) is 22.3 Å². The molecule has 2 heterocycles. The molecule has 6 heteroatoms. The molecule has 8 aromatic rings. The predicted molar refractivity (Wildman–Crippen MR) is 213 cm³/mol. The Bertz CT molecular complexity index is 2550. The minimum Gasteiger partial charge on any atom is -0.457 e. The van der Waals surface area contributed by atoms with Crippen molar-refractivity contribution in [1.82, 2.24) is 15.0 Å². The highest BCUT2D eigenvalue weighted by molar-refractivity contribution is 6.14. The molecule has 0 radical (unpaired) electrons. The summed E-state index contributed by atoms with van der Waals surface area (Å²) in [6.07, 6.45) is 0.753. The second kappa shape index (κ2) is 13.9. The third-order valence-electron chi connectivity index (χ3n) is 9.43. The van der Waals surface area contributed by atoms with Gasteiger partial charge in [-0.3, -0.25) is 5.41 Å². The van der Waals surface area contributed by atoms with Crippen molar-refractivity contribution < 1.29 is 4.74 Å². The minimum absolute atomic E-state index is 0.450. The van der Waals surface area contributed by atoms with Crippen LogP contribution in [0.3, 0.4) is 0 Å². The summed E-state index contributed by atoms with van der Waals surface area (Å²) in [5, 5.41) is 12.7. The van der Waals surface area contributed by atoms with E-state index in [2.05, 4.69) is 47.8 Å². The Hall–Kier alpha value is -7.18. The lowest BCUT2D eigenvalue weighted by Crippen LogP contribution is -2.06. The molecule has 6 nitrogen and oxygen atoms in total. The Morgan fingerprint density at radius 2 is 0.981 bits per heavy atom. The average molecular weight is 684 g/mol. The van der Waals surface area contributed by atoms with Crippen LogP contribution in [-0.4, -0.2) is 20.7 Å². The number of rotatable bonds is 8. The molecule has 7 aromatic carbocycles. The molecule has 0 unspecified atom stereocenters. The number of anilines is 2. The average Bonchev–Trinajstić information content (AvgIpc) is 3.23. The van der Waals surface area contributed by atoms with Crippen molar-refractivity contribution in [3.05, 3.63) is 198 Å². The molecule has 0 fully saturated rings. The molecule has 53 heavy (non-hydrogen) atoms. The summed E-state index contributed by atoms with van der Waals surface area (Å²) in [5.41, 5.74) is 11.0. The van der Waals surface area contributed by atoms with Crippen LogP contribution in [0.5, 0.6) is 11.5 Å². The highest BCUT2D eigenvalue weighted by Crippen LogP contribution is 2.41. The normalized spacial score (nSPS) is 11.5. The molecule has 0 aliphatic carbocycles. The summed E-state index contributed by atoms with van der Waals surface area (Å²) in [6, 6.07) is 58.7. The predicted octanol–water partition coefficient (Wildman–Crippen LogP) is 11.4. The molecule has 0 bridgehead atoms. The summed E-state index contributed by atoms with van der Waals surface area (Å²) in [6.45, 7) is 0. The number of para-hydroxylation sites is 2. The van der Waals surface area contributed by atoms with Gasteiger partial charge in [-0.05, 0) is 58.7 Å². The van der Waals surface area contributed by atoms with Crippen LogP contribution in [0, 0.1) is 5.41 Å². The van der Waals surface area contributed by atoms with Crippen LogP contribution in [-0.2, 0) is 6.42 Å². The summed E-state index contributed by atoms with van der Waals surface area (Å²) in [5.74, 6) is 3.43. The molecule has 1 aliphatic rings. The Kier molecular flexibility index (Phi) is 8.31. The van der Waals surface area contributed by atoms with E-state index in [1.54, 1.807) is 0 Å². The quantitative estimate of drug-likeness (QED) is 0.156. The number of nitrogens with zero attached hydrogens (tertiary/aromatic N) is 3. The number of ether oxygens (including phenoxy) is 1. The second-order valence-electron chi connectivity index (χ2n) is 13.0. The monoisotopic (exact) mass is 683 g/mol. The third-order valence-corrected chi connectivity index (χ3v) is 9.43. The van der Waals surface area contributed by atoms with Crippen molar-refractivity contribution in [2.24, 2.45) is 0 Å². The maximum Gasteiger partial charge on any atom is 0.164 e. The van der Waals surface area contributed by atoms with Crippen LogP contribution >= 0.6 is 0 Å². The van der Waals surface area contributed by atoms with E-state index in [4.69, 9.17) is 19.7 Å². The van der Waals surface area contributed by atoms with Gasteiger partial charge in [-0.15, -0.1) is 0 Å². The van der Waals surface area contributed by atoms with E-state index in [9.17, 15) is 5.41 Å². The van der Waals surface area contributed by atoms with Gasteiger partial charge in [0.1, 0.15) is 11.5 Å². The number of nitrogens with one attached hydrogen (secondary N) is 2. The Morgan fingerprint density at radius 1 is 0.472 bits per heavy atom. The van der Waals surface area contributed by atoms with Crippen molar-refractivity contribution in [3.63, 3.8) is 0 Å². The van der Waals surface area contributed by atoms with E-state index in [1.807, 2.05) is 133 Å². The zero-order valence-corrected chi connectivity index (χ0v) is 28.7. The summed E-state index contributed by atoms with van der Waals surface area (Å²) in [4.78, 5) is 14.7. The molecular formula is C47H33N5O. The van der Waals surface area contributed by atoms with Gasteiger partial charge in [-0.2, -0.15) is 0 Å². The summed E-state index contributed by atoms with van der Waals surface area (Å²) in [7, 11) is 0. The fraction of sp³-hybridized carbons (Fsp3) is 0.0213. The molecule has 0 spiro atoms. The molecule has 0 saturated heterocycles. The second-order valence-corrected chi connectivity index (χ2v) is 13.0. The van der Waals surface area contributed by atoms with Gasteiger partial charge >= 0.3 is 0 Å². The van der Waals surface area contributed by atoms with Gasteiger partial charge < -0.3 is 10.1 Å². The number of hydrogen-bond acceptors (Lipinski definition) is 6. The Labute approximate surface area is 308 Å². The van der Waals surface area contributed by atoms with Crippen molar-refractivity contribution in [1.29, 1.82) is 5.41 Å². The van der Waals surface area contributed by atoms with E-state index in [0.29, 0.717) is 23.2 Å². The number of hydrogen-bond donors (Lipinski definition) is 2. The first-order valence-corrected chi connectivity index (χ1v) is 17.6. The zero-order chi connectivity index (χ0) is 35.6. The van der Waals surface area contributed by atoms with Gasteiger partial charge in [0.25, 0.3) is 0 Å². The standard InChI is InChI=1S/C47H33N5O/c48-44(40-21-10-11-22-41(40)49-39-19-8-3-9-20-39)37-18-12-17-33(27-37)34-23-24-35-28-36-25-26-38(30-43(36)53-42(35)29-34)47-51-45(31-13-4-1-5-14-31)50-46(52-47)32-15-6-2-7-16-32/h1-27,29-30,48-49H,28H2. The molecule has 0 atom stereocenters. The van der Waals surface area contributed by atoms with Crippen LogP contribution in [0.4, 0.5) is 11.4 Å². The lowest BCUT2D eigenvalue weighted by molar-refractivity contribution is 0.460. The van der Waals surface area contributed by atoms with Gasteiger partial charge in [0.15, 0.2) is 17.5 Å². The zero-order valence-electron chi connectivity index (χ0n) is 28.7. The molecular weight excluding hydrogens is 651 g/mol. The van der Waals surface area contributed by atoms with Gasteiger partial charge in [0, 0.05) is 45.6 Å². The first-order chi connectivity index (χ1) is 26.1. The minimum atomic E-state index is 0.450. The molecule has 0 saturated carbocycles. The largest absolute Gasteiger partial charge is 0.457 e. The van der Waals surface area contributed by atoms with Gasteiger partial charge in [-0.1, -0.05) is 140 Å². The van der Waals surface area contributed by atoms with Crippen molar-refractivity contribution in [2.45, 2.75) is 6.42 Å². The molecule has 252 valence electrons. The smallest absolute Gasteiger partial charge is 0.164 e. The van der Waals surface area contributed by atoms with E-state index >= 15 is 0 Å². The Balaban J connectivity index is 1.01. The van der Waals surface area contributed by atoms with Crippen LogP contribution < -0.4 is 10.1 Å². The third kappa shape index (κ3) is 6.57. The van der Waals surface area contributed by atoms with Crippen molar-refractivity contribution in [3.8, 4) is 56.8 Å². The number of benzene rings is 7. The molecule has 2 N–H and O–H groups in total. The first kappa shape index (κ1) is 31.8. The van der Waals surface area contributed by atoms with Crippen LogP contribution in [0.25, 0.3) is 45.3 Å². The van der Waals surface area contributed by atoms with Crippen LogP contribution in [0.15, 0.2) is 176 Å². The SMILES string of the molecule is N=C(c1cccc(-c2ccc3c(c2)Oc2cc(-c4nc(-c5ccccc5)nc(-c5ccccc5)n4)ccc2C3)c1)c1ccccc1Nc1ccccc1.